The van der Waals surface area contributed by atoms with Gasteiger partial charge in [0.2, 0.25) is 0 Å². The zero-order chi connectivity index (χ0) is 31.4. The Hall–Kier alpha value is -5.92. The fourth-order valence-corrected chi connectivity index (χ4v) is 6.83. The summed E-state index contributed by atoms with van der Waals surface area (Å²) in [5, 5.41) is 2.46. The van der Waals surface area contributed by atoms with Gasteiger partial charge in [0.15, 0.2) is 0 Å². The Morgan fingerprint density at radius 2 is 1.11 bits per heavy atom. The molecule has 224 valence electrons. The summed E-state index contributed by atoms with van der Waals surface area (Å²) >= 11 is 0. The molecule has 0 heterocycles. The second-order valence-electron chi connectivity index (χ2n) is 12.1. The Balaban J connectivity index is 1.28. The van der Waals surface area contributed by atoms with Crippen LogP contribution in [0.15, 0.2) is 200 Å². The first-order valence-electron chi connectivity index (χ1n) is 16.4. The largest absolute Gasteiger partial charge is 0.310 e. The molecular weight excluding hydrogens is 567 g/mol. The fourth-order valence-electron chi connectivity index (χ4n) is 6.83. The van der Waals surface area contributed by atoms with E-state index in [1.807, 2.05) is 0 Å². The van der Waals surface area contributed by atoms with Gasteiger partial charge in [-0.1, -0.05) is 164 Å². The molecule has 1 aliphatic carbocycles. The fraction of sp³-hybridized carbons (Fsp3) is 0.0435. The van der Waals surface area contributed by atoms with Gasteiger partial charge in [0.05, 0.1) is 5.69 Å². The molecule has 0 aliphatic heterocycles. The van der Waals surface area contributed by atoms with Crippen molar-refractivity contribution in [1.82, 2.24) is 0 Å². The number of hydrogen-bond donors (Lipinski definition) is 0. The maximum atomic E-state index is 2.44. The second-order valence-corrected chi connectivity index (χ2v) is 12.1. The van der Waals surface area contributed by atoms with Crippen LogP contribution < -0.4 is 4.90 Å². The first kappa shape index (κ1) is 28.5. The van der Waals surface area contributed by atoms with Crippen molar-refractivity contribution in [2.45, 2.75) is 12.3 Å². The first-order valence-corrected chi connectivity index (χ1v) is 16.4. The van der Waals surface area contributed by atoms with Crippen molar-refractivity contribution < 1.29 is 0 Å². The van der Waals surface area contributed by atoms with Gasteiger partial charge in [0.1, 0.15) is 0 Å². The lowest BCUT2D eigenvalue weighted by Gasteiger charge is -2.31. The third kappa shape index (κ3) is 5.80. The summed E-state index contributed by atoms with van der Waals surface area (Å²) in [6.07, 6.45) is 8.03. The molecular formula is C46H35N. The number of nitrogens with zero attached hydrogens (tertiary/aromatic N) is 1. The maximum absolute atomic E-state index is 2.44. The van der Waals surface area contributed by atoms with E-state index in [-0.39, 0.29) is 0 Å². The number of rotatable bonds is 7. The predicted octanol–water partition coefficient (Wildman–Crippen LogP) is 12.6. The molecule has 0 aromatic heterocycles. The lowest BCUT2D eigenvalue weighted by Crippen LogP contribution is -2.18. The molecule has 1 unspecified atom stereocenters. The minimum atomic E-state index is 0.369. The van der Waals surface area contributed by atoms with Gasteiger partial charge in [0.25, 0.3) is 0 Å². The predicted molar refractivity (Wildman–Crippen MR) is 200 cm³/mol. The molecule has 0 radical (unpaired) electrons. The highest BCUT2D eigenvalue weighted by molar-refractivity contribution is 5.98. The normalized spacial score (nSPS) is 14.1. The minimum Gasteiger partial charge on any atom is -0.310 e. The van der Waals surface area contributed by atoms with Crippen LogP contribution >= 0.6 is 0 Å². The number of allylic oxidation sites excluding steroid dienone is 3. The van der Waals surface area contributed by atoms with E-state index in [9.17, 15) is 0 Å². The minimum absolute atomic E-state index is 0.369. The molecule has 1 nitrogen and oxygen atoms in total. The molecule has 0 spiro atoms. The van der Waals surface area contributed by atoms with Gasteiger partial charge in [-0.25, -0.2) is 0 Å². The molecule has 0 amide bonds. The molecule has 7 aromatic carbocycles. The first-order chi connectivity index (χ1) is 23.3. The Morgan fingerprint density at radius 1 is 0.468 bits per heavy atom. The number of benzene rings is 7. The quantitative estimate of drug-likeness (QED) is 0.176. The van der Waals surface area contributed by atoms with E-state index in [0.717, 1.165) is 12.1 Å². The summed E-state index contributed by atoms with van der Waals surface area (Å²) in [4.78, 5) is 2.44. The number of hydrogen-bond acceptors (Lipinski definition) is 1. The van der Waals surface area contributed by atoms with Gasteiger partial charge in [0, 0.05) is 22.7 Å². The van der Waals surface area contributed by atoms with Crippen molar-refractivity contribution in [3.63, 3.8) is 0 Å². The van der Waals surface area contributed by atoms with Crippen molar-refractivity contribution in [2.24, 2.45) is 0 Å². The van der Waals surface area contributed by atoms with Crippen LogP contribution in [0.25, 0.3) is 44.2 Å². The van der Waals surface area contributed by atoms with E-state index in [1.165, 1.54) is 61.1 Å². The summed E-state index contributed by atoms with van der Waals surface area (Å²) in [6.45, 7) is 0. The van der Waals surface area contributed by atoms with Crippen LogP contribution in [0, 0.1) is 0 Å². The molecule has 1 heteroatoms. The van der Waals surface area contributed by atoms with E-state index in [1.54, 1.807) is 0 Å². The van der Waals surface area contributed by atoms with Crippen LogP contribution in [0.3, 0.4) is 0 Å². The summed E-state index contributed by atoms with van der Waals surface area (Å²) in [5.74, 6) is 0.369. The molecule has 0 fully saturated rings. The third-order valence-electron chi connectivity index (χ3n) is 9.20. The average molecular weight is 602 g/mol. The molecule has 1 aliphatic rings. The molecule has 0 saturated heterocycles. The highest BCUT2D eigenvalue weighted by atomic mass is 15.1. The van der Waals surface area contributed by atoms with E-state index in [0.29, 0.717) is 5.92 Å². The number of anilines is 2. The Morgan fingerprint density at radius 3 is 1.87 bits per heavy atom. The zero-order valence-electron chi connectivity index (χ0n) is 26.2. The summed E-state index contributed by atoms with van der Waals surface area (Å²) in [5.41, 5.74) is 12.1. The van der Waals surface area contributed by atoms with Gasteiger partial charge in [-0.05, 0) is 81.1 Å². The highest BCUT2D eigenvalue weighted by Crippen LogP contribution is 2.42. The van der Waals surface area contributed by atoms with E-state index in [4.69, 9.17) is 0 Å². The summed E-state index contributed by atoms with van der Waals surface area (Å²) in [6, 6.07) is 63.4. The zero-order valence-corrected chi connectivity index (χ0v) is 26.2. The molecule has 0 saturated carbocycles. The monoisotopic (exact) mass is 601 g/mol. The van der Waals surface area contributed by atoms with Gasteiger partial charge in [-0.3, -0.25) is 0 Å². The second kappa shape index (κ2) is 12.8. The van der Waals surface area contributed by atoms with Gasteiger partial charge in [-0.2, -0.15) is 0 Å². The third-order valence-corrected chi connectivity index (χ3v) is 9.20. The molecule has 47 heavy (non-hydrogen) atoms. The van der Waals surface area contributed by atoms with Crippen molar-refractivity contribution >= 4 is 22.1 Å². The van der Waals surface area contributed by atoms with Crippen LogP contribution in [0.4, 0.5) is 11.4 Å². The average Bonchev–Trinajstić information content (AvgIpc) is 3.16. The Kier molecular flexibility index (Phi) is 7.79. The topological polar surface area (TPSA) is 3.24 Å². The van der Waals surface area contributed by atoms with Crippen molar-refractivity contribution in [2.75, 3.05) is 4.90 Å². The number of fused-ring (bicyclic) bond motifs is 1. The van der Waals surface area contributed by atoms with E-state index in [2.05, 4.69) is 199 Å². The van der Waals surface area contributed by atoms with Crippen LogP contribution in [-0.2, 0) is 0 Å². The standard InChI is InChI=1S/C46H35N/c1-4-14-34(15-5-1)36-26-28-41(29-27-36)47(46-25-13-21-37-20-10-11-24-44(37)46)42-30-31-43(45(33-42)38-18-8-3-9-19-38)40-23-12-22-39(32-40)35-16-6-2-7-17-35/h1-26,28-33,36H,27H2. The maximum Gasteiger partial charge on any atom is 0.0539 e. The lowest BCUT2D eigenvalue weighted by atomic mass is 9.90. The lowest BCUT2D eigenvalue weighted by molar-refractivity contribution is 0.840. The van der Waals surface area contributed by atoms with Crippen molar-refractivity contribution in [3.05, 3.63) is 205 Å². The molecule has 7 aromatic rings. The summed E-state index contributed by atoms with van der Waals surface area (Å²) < 4.78 is 0. The highest BCUT2D eigenvalue weighted by Gasteiger charge is 2.21. The van der Waals surface area contributed by atoms with Crippen molar-refractivity contribution in [3.8, 4) is 33.4 Å². The van der Waals surface area contributed by atoms with Gasteiger partial charge < -0.3 is 4.90 Å². The molecule has 0 N–H and O–H groups in total. The molecule has 0 bridgehead atoms. The Bertz CT molecular complexity index is 2210. The van der Waals surface area contributed by atoms with Gasteiger partial charge >= 0.3 is 0 Å². The Labute approximate surface area is 277 Å². The smallest absolute Gasteiger partial charge is 0.0539 e. The van der Waals surface area contributed by atoms with E-state index < -0.39 is 0 Å². The van der Waals surface area contributed by atoms with Crippen molar-refractivity contribution in [1.29, 1.82) is 0 Å². The van der Waals surface area contributed by atoms with Crippen LogP contribution in [0.5, 0.6) is 0 Å². The SMILES string of the molecule is C1=CC(c2ccccc2)CC=C1N(c1ccc(-c2cccc(-c3ccccc3)c2)c(-c2ccccc2)c1)c1cccc2ccccc12. The van der Waals surface area contributed by atoms with E-state index >= 15 is 0 Å². The molecule has 8 rings (SSSR count). The summed E-state index contributed by atoms with van der Waals surface area (Å²) in [7, 11) is 0. The van der Waals surface area contributed by atoms with Crippen LogP contribution in [0.2, 0.25) is 0 Å². The van der Waals surface area contributed by atoms with Crippen LogP contribution in [0.1, 0.15) is 17.9 Å². The van der Waals surface area contributed by atoms with Crippen LogP contribution in [-0.4, -0.2) is 0 Å². The van der Waals surface area contributed by atoms with Gasteiger partial charge in [-0.15, -0.1) is 0 Å². The molecule has 1 atom stereocenters.